The van der Waals surface area contributed by atoms with Gasteiger partial charge in [0.1, 0.15) is 5.82 Å². The molecule has 122 valence electrons. The quantitative estimate of drug-likeness (QED) is 0.692. The Morgan fingerprint density at radius 2 is 2.32 bits per heavy atom. The van der Waals surface area contributed by atoms with E-state index in [9.17, 15) is 4.79 Å². The van der Waals surface area contributed by atoms with Crippen LogP contribution in [0.2, 0.25) is 10.0 Å². The standard InChI is InChI=1S/C14H20Cl2N4O2/c1-9(12-3-2-6-22-12)20-14(21)18-5-4-17-13-11(16)7-10(15)8-19-13/h7-9,12H,2-6H2,1H3,(H,17,19)(H2,18,20,21). The summed E-state index contributed by atoms with van der Waals surface area (Å²) in [6.07, 6.45) is 3.67. The fourth-order valence-corrected chi connectivity index (χ4v) is 2.70. The number of carbonyl (C=O) groups is 1. The van der Waals surface area contributed by atoms with E-state index < -0.39 is 0 Å². The third-order valence-corrected chi connectivity index (χ3v) is 3.89. The van der Waals surface area contributed by atoms with Crippen molar-refractivity contribution >= 4 is 35.1 Å². The SMILES string of the molecule is CC(NC(=O)NCCNc1ncc(Cl)cc1Cl)C1CCCO1. The van der Waals surface area contributed by atoms with Gasteiger partial charge in [0.25, 0.3) is 0 Å². The highest BCUT2D eigenvalue weighted by Crippen LogP contribution is 2.22. The summed E-state index contributed by atoms with van der Waals surface area (Å²) < 4.78 is 5.53. The lowest BCUT2D eigenvalue weighted by molar-refractivity contribution is 0.0860. The number of nitrogens with zero attached hydrogens (tertiary/aromatic N) is 1. The Balaban J connectivity index is 1.64. The van der Waals surface area contributed by atoms with Crippen molar-refractivity contribution in [3.8, 4) is 0 Å². The number of amides is 2. The van der Waals surface area contributed by atoms with E-state index in [0.717, 1.165) is 19.4 Å². The summed E-state index contributed by atoms with van der Waals surface area (Å²) in [5.74, 6) is 0.543. The maximum absolute atomic E-state index is 11.8. The first-order chi connectivity index (χ1) is 10.6. The zero-order valence-electron chi connectivity index (χ0n) is 12.4. The summed E-state index contributed by atoms with van der Waals surface area (Å²) in [5.41, 5.74) is 0. The molecule has 0 spiro atoms. The third kappa shape index (κ3) is 5.19. The number of rotatable bonds is 6. The van der Waals surface area contributed by atoms with Crippen molar-refractivity contribution in [1.82, 2.24) is 15.6 Å². The number of anilines is 1. The predicted octanol–water partition coefficient (Wildman–Crippen LogP) is 2.67. The molecule has 1 aliphatic rings. The molecule has 1 saturated heterocycles. The minimum absolute atomic E-state index is 0.00263. The molecule has 1 aliphatic heterocycles. The first-order valence-corrected chi connectivity index (χ1v) is 8.02. The molecule has 2 amide bonds. The van der Waals surface area contributed by atoms with E-state index in [1.165, 1.54) is 6.20 Å². The van der Waals surface area contributed by atoms with Gasteiger partial charge in [0.05, 0.1) is 22.2 Å². The zero-order chi connectivity index (χ0) is 15.9. The van der Waals surface area contributed by atoms with E-state index in [1.807, 2.05) is 6.92 Å². The Hall–Kier alpha value is -1.24. The van der Waals surface area contributed by atoms with Crippen LogP contribution < -0.4 is 16.0 Å². The summed E-state index contributed by atoms with van der Waals surface area (Å²) >= 11 is 11.8. The number of ether oxygens (including phenoxy) is 1. The monoisotopic (exact) mass is 346 g/mol. The molecule has 2 heterocycles. The summed E-state index contributed by atoms with van der Waals surface area (Å²) in [7, 11) is 0. The summed E-state index contributed by atoms with van der Waals surface area (Å²) in [6.45, 7) is 3.68. The van der Waals surface area contributed by atoms with Crippen LogP contribution in [0.25, 0.3) is 0 Å². The normalized spacial score (nSPS) is 18.8. The van der Waals surface area contributed by atoms with Crippen molar-refractivity contribution in [2.45, 2.75) is 31.9 Å². The average Bonchev–Trinajstić information content (AvgIpc) is 2.99. The van der Waals surface area contributed by atoms with E-state index >= 15 is 0 Å². The maximum atomic E-state index is 11.8. The average molecular weight is 347 g/mol. The minimum atomic E-state index is -0.208. The maximum Gasteiger partial charge on any atom is 0.315 e. The molecule has 22 heavy (non-hydrogen) atoms. The lowest BCUT2D eigenvalue weighted by atomic mass is 10.1. The van der Waals surface area contributed by atoms with E-state index in [0.29, 0.717) is 29.0 Å². The molecule has 0 bridgehead atoms. The number of aromatic nitrogens is 1. The van der Waals surface area contributed by atoms with Crippen LogP contribution in [0.4, 0.5) is 10.6 Å². The lowest BCUT2D eigenvalue weighted by Crippen LogP contribution is -2.46. The van der Waals surface area contributed by atoms with Crippen LogP contribution >= 0.6 is 23.2 Å². The minimum Gasteiger partial charge on any atom is -0.376 e. The van der Waals surface area contributed by atoms with Gasteiger partial charge in [0, 0.05) is 25.9 Å². The van der Waals surface area contributed by atoms with Crippen LogP contribution in [0, 0.1) is 0 Å². The van der Waals surface area contributed by atoms with E-state index in [-0.39, 0.29) is 18.2 Å². The van der Waals surface area contributed by atoms with Gasteiger partial charge in [-0.05, 0) is 25.8 Å². The zero-order valence-corrected chi connectivity index (χ0v) is 13.9. The van der Waals surface area contributed by atoms with Gasteiger partial charge in [-0.3, -0.25) is 0 Å². The van der Waals surface area contributed by atoms with Gasteiger partial charge in [-0.25, -0.2) is 9.78 Å². The second-order valence-corrected chi connectivity index (χ2v) is 5.99. The van der Waals surface area contributed by atoms with E-state index in [1.54, 1.807) is 6.07 Å². The molecule has 2 atom stereocenters. The van der Waals surface area contributed by atoms with Gasteiger partial charge < -0.3 is 20.7 Å². The van der Waals surface area contributed by atoms with E-state index in [4.69, 9.17) is 27.9 Å². The van der Waals surface area contributed by atoms with Crippen molar-refractivity contribution < 1.29 is 9.53 Å². The van der Waals surface area contributed by atoms with Crippen LogP contribution in [-0.4, -0.2) is 42.9 Å². The van der Waals surface area contributed by atoms with Crippen LogP contribution in [-0.2, 0) is 4.74 Å². The molecule has 0 radical (unpaired) electrons. The molecule has 0 aliphatic carbocycles. The molecule has 0 saturated carbocycles. The second-order valence-electron chi connectivity index (χ2n) is 5.15. The van der Waals surface area contributed by atoms with Crippen LogP contribution in [0.1, 0.15) is 19.8 Å². The van der Waals surface area contributed by atoms with Crippen molar-refractivity contribution in [3.63, 3.8) is 0 Å². The van der Waals surface area contributed by atoms with Crippen LogP contribution in [0.3, 0.4) is 0 Å². The van der Waals surface area contributed by atoms with Gasteiger partial charge in [-0.2, -0.15) is 0 Å². The lowest BCUT2D eigenvalue weighted by Gasteiger charge is -2.20. The Morgan fingerprint density at radius 3 is 3.00 bits per heavy atom. The molecule has 8 heteroatoms. The highest BCUT2D eigenvalue weighted by atomic mass is 35.5. The number of nitrogens with one attached hydrogen (secondary N) is 3. The fraction of sp³-hybridized carbons (Fsp3) is 0.571. The highest BCUT2D eigenvalue weighted by Gasteiger charge is 2.23. The number of hydrogen-bond donors (Lipinski definition) is 3. The molecule has 1 fully saturated rings. The first-order valence-electron chi connectivity index (χ1n) is 7.27. The summed E-state index contributed by atoms with van der Waals surface area (Å²) in [6, 6.07) is 1.41. The van der Waals surface area contributed by atoms with Crippen molar-refractivity contribution in [1.29, 1.82) is 0 Å². The van der Waals surface area contributed by atoms with E-state index in [2.05, 4.69) is 20.9 Å². The van der Waals surface area contributed by atoms with Gasteiger partial charge in [0.15, 0.2) is 0 Å². The van der Waals surface area contributed by atoms with Crippen LogP contribution in [0.5, 0.6) is 0 Å². The van der Waals surface area contributed by atoms with Gasteiger partial charge in [-0.15, -0.1) is 0 Å². The van der Waals surface area contributed by atoms with Crippen LogP contribution in [0.15, 0.2) is 12.3 Å². The predicted molar refractivity (Wildman–Crippen MR) is 87.7 cm³/mol. The number of hydrogen-bond acceptors (Lipinski definition) is 4. The van der Waals surface area contributed by atoms with Crippen molar-refractivity contribution in [2.24, 2.45) is 0 Å². The fourth-order valence-electron chi connectivity index (χ4n) is 2.25. The summed E-state index contributed by atoms with van der Waals surface area (Å²) in [4.78, 5) is 15.8. The van der Waals surface area contributed by atoms with Gasteiger partial charge in [-0.1, -0.05) is 23.2 Å². The highest BCUT2D eigenvalue weighted by molar-refractivity contribution is 6.35. The molecular formula is C14H20Cl2N4O2. The van der Waals surface area contributed by atoms with Crippen molar-refractivity contribution in [2.75, 3.05) is 25.0 Å². The second kappa shape index (κ2) is 8.41. The topological polar surface area (TPSA) is 75.3 Å². The largest absolute Gasteiger partial charge is 0.376 e. The molecule has 2 unspecified atom stereocenters. The van der Waals surface area contributed by atoms with Gasteiger partial charge in [0.2, 0.25) is 0 Å². The molecule has 1 aromatic rings. The molecule has 1 aromatic heterocycles. The van der Waals surface area contributed by atoms with Crippen molar-refractivity contribution in [3.05, 3.63) is 22.3 Å². The molecule has 0 aromatic carbocycles. The number of pyridine rings is 1. The molecular weight excluding hydrogens is 327 g/mol. The Labute approximate surface area is 139 Å². The Morgan fingerprint density at radius 1 is 1.50 bits per heavy atom. The smallest absolute Gasteiger partial charge is 0.315 e. The first kappa shape index (κ1) is 17.1. The summed E-state index contributed by atoms with van der Waals surface area (Å²) in [5, 5.41) is 9.62. The number of carbonyl (C=O) groups excluding carboxylic acids is 1. The molecule has 3 N–H and O–H groups in total. The molecule has 6 nitrogen and oxygen atoms in total. The Kier molecular flexibility index (Phi) is 6.54. The Bertz CT molecular complexity index is 510. The number of urea groups is 1. The molecule has 2 rings (SSSR count). The van der Waals surface area contributed by atoms with Gasteiger partial charge >= 0.3 is 6.03 Å². The number of halogens is 2. The third-order valence-electron chi connectivity index (χ3n) is 3.39.